The first-order chi connectivity index (χ1) is 14.1. The van der Waals surface area contributed by atoms with Crippen molar-refractivity contribution in [1.82, 2.24) is 19.2 Å². The summed E-state index contributed by atoms with van der Waals surface area (Å²) >= 11 is 1.48. The smallest absolute Gasteiger partial charge is 0.262 e. The molecule has 1 unspecified atom stereocenters. The molecule has 4 aromatic rings. The van der Waals surface area contributed by atoms with Crippen LogP contribution in [0.25, 0.3) is 16.7 Å². The van der Waals surface area contributed by atoms with Gasteiger partial charge in [-0.05, 0) is 43.2 Å². The van der Waals surface area contributed by atoms with Crippen molar-refractivity contribution in [1.29, 1.82) is 0 Å². The molecule has 0 N–H and O–H groups in total. The number of fused-ring (bicyclic) bond motifs is 3. The van der Waals surface area contributed by atoms with E-state index in [1.165, 1.54) is 23.9 Å². The molecule has 29 heavy (non-hydrogen) atoms. The van der Waals surface area contributed by atoms with Crippen molar-refractivity contribution in [2.75, 3.05) is 13.7 Å². The summed E-state index contributed by atoms with van der Waals surface area (Å²) in [4.78, 5) is 13.0. The lowest BCUT2D eigenvalue weighted by Crippen LogP contribution is -2.24. The second kappa shape index (κ2) is 8.34. The molecule has 0 saturated carbocycles. The van der Waals surface area contributed by atoms with Crippen molar-refractivity contribution in [3.8, 4) is 0 Å². The maximum absolute atomic E-state index is 13.6. The molecule has 8 heteroatoms. The summed E-state index contributed by atoms with van der Waals surface area (Å²) in [5.74, 6) is 0.234. The van der Waals surface area contributed by atoms with E-state index in [9.17, 15) is 9.18 Å². The Hall–Kier alpha value is -2.71. The van der Waals surface area contributed by atoms with E-state index < -0.39 is 0 Å². The molecule has 0 bridgehead atoms. The maximum atomic E-state index is 13.6. The lowest BCUT2D eigenvalue weighted by molar-refractivity contribution is 0.190. The van der Waals surface area contributed by atoms with Crippen LogP contribution in [-0.2, 0) is 11.3 Å². The molecule has 0 saturated heterocycles. The quantitative estimate of drug-likeness (QED) is 0.338. The predicted molar refractivity (Wildman–Crippen MR) is 112 cm³/mol. The van der Waals surface area contributed by atoms with E-state index in [2.05, 4.69) is 10.2 Å². The van der Waals surface area contributed by atoms with Gasteiger partial charge in [-0.15, -0.1) is 10.2 Å². The van der Waals surface area contributed by atoms with Crippen molar-refractivity contribution < 1.29 is 9.13 Å². The van der Waals surface area contributed by atoms with E-state index in [-0.39, 0.29) is 16.6 Å². The minimum atomic E-state index is -0.265. The molecule has 0 amide bonds. The van der Waals surface area contributed by atoms with E-state index in [1.807, 2.05) is 41.7 Å². The first-order valence-corrected chi connectivity index (χ1v) is 10.3. The van der Waals surface area contributed by atoms with Gasteiger partial charge in [-0.25, -0.2) is 4.39 Å². The zero-order chi connectivity index (χ0) is 20.4. The van der Waals surface area contributed by atoms with Crippen LogP contribution in [-0.4, -0.2) is 32.9 Å². The number of methoxy groups -OCH3 is 1. The SMILES string of the molecule is COCCCn1c(=O)c2ccccc2n2c(SC(C)c3cccc(F)c3)nnc12. The number of aromatic nitrogens is 4. The second-order valence-corrected chi connectivity index (χ2v) is 8.06. The summed E-state index contributed by atoms with van der Waals surface area (Å²) in [6.07, 6.45) is 0.694. The third kappa shape index (κ3) is 3.77. The van der Waals surface area contributed by atoms with Crippen LogP contribution in [0.5, 0.6) is 0 Å². The first kappa shape index (κ1) is 19.6. The van der Waals surface area contributed by atoms with Crippen LogP contribution in [0, 0.1) is 5.82 Å². The Balaban J connectivity index is 1.82. The molecule has 6 nitrogen and oxygen atoms in total. The van der Waals surface area contributed by atoms with Gasteiger partial charge in [-0.1, -0.05) is 36.0 Å². The van der Waals surface area contributed by atoms with Gasteiger partial charge >= 0.3 is 0 Å². The maximum Gasteiger partial charge on any atom is 0.262 e. The number of para-hydroxylation sites is 1. The average Bonchev–Trinajstić information content (AvgIpc) is 3.14. The minimum Gasteiger partial charge on any atom is -0.385 e. The molecular weight excluding hydrogens is 391 g/mol. The van der Waals surface area contributed by atoms with Gasteiger partial charge in [0.15, 0.2) is 5.16 Å². The Labute approximate surface area is 171 Å². The fourth-order valence-electron chi connectivity index (χ4n) is 3.36. The van der Waals surface area contributed by atoms with Crippen molar-refractivity contribution in [3.05, 3.63) is 70.3 Å². The van der Waals surface area contributed by atoms with E-state index >= 15 is 0 Å². The Morgan fingerprint density at radius 1 is 1.17 bits per heavy atom. The monoisotopic (exact) mass is 412 g/mol. The predicted octanol–water partition coefficient (Wildman–Crippen LogP) is 4.07. The molecule has 2 heterocycles. The number of hydrogen-bond acceptors (Lipinski definition) is 5. The highest BCUT2D eigenvalue weighted by molar-refractivity contribution is 7.99. The summed E-state index contributed by atoms with van der Waals surface area (Å²) in [5, 5.41) is 9.90. The lowest BCUT2D eigenvalue weighted by Gasteiger charge is -2.13. The molecule has 4 rings (SSSR count). The van der Waals surface area contributed by atoms with E-state index in [0.717, 1.165) is 11.1 Å². The van der Waals surface area contributed by atoms with E-state index in [4.69, 9.17) is 4.74 Å². The van der Waals surface area contributed by atoms with Gasteiger partial charge < -0.3 is 4.74 Å². The summed E-state index contributed by atoms with van der Waals surface area (Å²) in [5.41, 5.74) is 1.53. The number of benzene rings is 2. The third-order valence-corrected chi connectivity index (χ3v) is 5.91. The molecule has 0 radical (unpaired) electrons. The summed E-state index contributed by atoms with van der Waals surface area (Å²) in [6.45, 7) is 3.04. The van der Waals surface area contributed by atoms with Gasteiger partial charge in [0.1, 0.15) is 5.82 Å². The molecule has 1 atom stereocenters. The first-order valence-electron chi connectivity index (χ1n) is 9.38. The standard InChI is InChI=1S/C21H21FN4O2S/c1-14(15-7-5-8-16(22)13-15)29-21-24-23-20-25(11-6-12-28-2)19(27)17-9-3-4-10-18(17)26(20)21/h3-5,7-10,13-14H,6,11-12H2,1-2H3. The molecule has 0 fully saturated rings. The summed E-state index contributed by atoms with van der Waals surface area (Å²) < 4.78 is 22.3. The largest absolute Gasteiger partial charge is 0.385 e. The van der Waals surface area contributed by atoms with Crippen LogP contribution in [0.1, 0.15) is 24.2 Å². The number of halogens is 1. The van der Waals surface area contributed by atoms with Crippen LogP contribution in [0.3, 0.4) is 0 Å². The second-order valence-electron chi connectivity index (χ2n) is 6.75. The van der Waals surface area contributed by atoms with Crippen molar-refractivity contribution >= 4 is 28.4 Å². The molecule has 0 aliphatic heterocycles. The van der Waals surface area contributed by atoms with Gasteiger partial charge in [0.2, 0.25) is 5.78 Å². The highest BCUT2D eigenvalue weighted by Gasteiger charge is 2.19. The molecule has 2 aromatic heterocycles. The highest BCUT2D eigenvalue weighted by atomic mass is 32.2. The van der Waals surface area contributed by atoms with Gasteiger partial charge in [-0.3, -0.25) is 13.8 Å². The zero-order valence-corrected chi connectivity index (χ0v) is 17.0. The zero-order valence-electron chi connectivity index (χ0n) is 16.2. The molecule has 0 aliphatic carbocycles. The van der Waals surface area contributed by atoms with Crippen LogP contribution in [0.2, 0.25) is 0 Å². The van der Waals surface area contributed by atoms with Crippen molar-refractivity contribution in [2.45, 2.75) is 30.3 Å². The Morgan fingerprint density at radius 3 is 2.79 bits per heavy atom. The average molecular weight is 412 g/mol. The highest BCUT2D eigenvalue weighted by Crippen LogP contribution is 2.34. The Kier molecular flexibility index (Phi) is 5.64. The summed E-state index contributed by atoms with van der Waals surface area (Å²) in [6, 6.07) is 14.0. The van der Waals surface area contributed by atoms with Gasteiger partial charge in [0, 0.05) is 25.5 Å². The van der Waals surface area contributed by atoms with Gasteiger partial charge in [0.25, 0.3) is 5.56 Å². The van der Waals surface area contributed by atoms with Gasteiger partial charge in [0.05, 0.1) is 10.9 Å². The topological polar surface area (TPSA) is 61.4 Å². The van der Waals surface area contributed by atoms with Crippen LogP contribution < -0.4 is 5.56 Å². The number of hydrogen-bond donors (Lipinski definition) is 0. The number of thioether (sulfide) groups is 1. The van der Waals surface area contributed by atoms with Crippen molar-refractivity contribution in [2.24, 2.45) is 0 Å². The van der Waals surface area contributed by atoms with Crippen molar-refractivity contribution in [3.63, 3.8) is 0 Å². The lowest BCUT2D eigenvalue weighted by atomic mass is 10.2. The molecular formula is C21H21FN4O2S. The number of ether oxygens (including phenoxy) is 1. The number of rotatable bonds is 7. The molecule has 0 aliphatic rings. The molecule has 0 spiro atoms. The minimum absolute atomic E-state index is 0.0364. The Morgan fingerprint density at radius 2 is 2.00 bits per heavy atom. The van der Waals surface area contributed by atoms with Gasteiger partial charge in [-0.2, -0.15) is 0 Å². The van der Waals surface area contributed by atoms with Crippen LogP contribution in [0.4, 0.5) is 4.39 Å². The molecule has 150 valence electrons. The summed E-state index contributed by atoms with van der Waals surface area (Å²) in [7, 11) is 1.64. The number of nitrogens with zero attached hydrogens (tertiary/aromatic N) is 4. The van der Waals surface area contributed by atoms with Crippen LogP contribution >= 0.6 is 11.8 Å². The fraction of sp³-hybridized carbons (Fsp3) is 0.286. The fourth-order valence-corrected chi connectivity index (χ4v) is 4.34. The number of aryl methyl sites for hydroxylation is 1. The Bertz CT molecular complexity index is 1220. The normalized spacial score (nSPS) is 12.7. The van der Waals surface area contributed by atoms with E-state index in [0.29, 0.717) is 35.9 Å². The third-order valence-electron chi connectivity index (χ3n) is 4.81. The van der Waals surface area contributed by atoms with E-state index in [1.54, 1.807) is 17.7 Å². The van der Waals surface area contributed by atoms with Crippen LogP contribution in [0.15, 0.2) is 58.5 Å². The molecule has 2 aromatic carbocycles.